The molecule has 2 amide bonds. The number of primary amides is 1. The van der Waals surface area contributed by atoms with Crippen LogP contribution >= 0.6 is 0 Å². The molecule has 1 aliphatic carbocycles. The smallest absolute Gasteiger partial charge is 0.240 e. The number of benzene rings is 1. The minimum absolute atomic E-state index is 0.0231. The van der Waals surface area contributed by atoms with E-state index in [-0.39, 0.29) is 34.9 Å². The predicted molar refractivity (Wildman–Crippen MR) is 122 cm³/mol. The number of nitrogens with two attached hydrogens (primary N) is 1. The Bertz CT molecular complexity index is 970. The standard InChI is InChI=1S/C25H32F2N4O2/c1-5-29-30-20(22-18(26)8-6-9-19(22)27)14-17-16(15(2)3)11-12-25(17,4)24(33)31-13-7-10-21(31)23(28)32/h5-6,8-9,14-17,21H,1,7,10-13H2,2-4H3,(H2,28,32)/b20-14-,30-29?/t16-,17?,21-,25-/m0/s1. The van der Waals surface area contributed by atoms with E-state index in [0.29, 0.717) is 25.8 Å². The van der Waals surface area contributed by atoms with Gasteiger partial charge in [0.05, 0.1) is 16.7 Å². The molecule has 0 spiro atoms. The lowest BCUT2D eigenvalue weighted by atomic mass is 9.72. The predicted octanol–water partition coefficient (Wildman–Crippen LogP) is 5.07. The van der Waals surface area contributed by atoms with Crippen molar-refractivity contribution in [3.05, 3.63) is 54.3 Å². The van der Waals surface area contributed by atoms with Crippen LogP contribution in [0.15, 0.2) is 47.3 Å². The molecule has 0 bridgehead atoms. The van der Waals surface area contributed by atoms with E-state index < -0.39 is 29.0 Å². The van der Waals surface area contributed by atoms with Crippen LogP contribution in [0.3, 0.4) is 0 Å². The molecule has 33 heavy (non-hydrogen) atoms. The van der Waals surface area contributed by atoms with E-state index in [9.17, 15) is 18.4 Å². The van der Waals surface area contributed by atoms with Crippen molar-refractivity contribution in [1.82, 2.24) is 4.90 Å². The van der Waals surface area contributed by atoms with Gasteiger partial charge < -0.3 is 10.6 Å². The van der Waals surface area contributed by atoms with Crippen LogP contribution in [0, 0.1) is 34.8 Å². The summed E-state index contributed by atoms with van der Waals surface area (Å²) in [6.07, 6.45) is 5.48. The lowest BCUT2D eigenvalue weighted by Gasteiger charge is -2.37. The molecule has 1 heterocycles. The van der Waals surface area contributed by atoms with Gasteiger partial charge in [-0.2, -0.15) is 10.2 Å². The SMILES string of the molecule is C=CN=N/C(=C\C1[C@H](C(C)C)CC[C@]1(C)C(=O)N1CCC[C@H]1C(N)=O)c1c(F)cccc1F. The van der Waals surface area contributed by atoms with Crippen molar-refractivity contribution < 1.29 is 18.4 Å². The maximum Gasteiger partial charge on any atom is 0.240 e. The van der Waals surface area contributed by atoms with Gasteiger partial charge >= 0.3 is 0 Å². The van der Waals surface area contributed by atoms with E-state index in [4.69, 9.17) is 5.73 Å². The maximum absolute atomic E-state index is 14.7. The molecule has 2 aliphatic rings. The van der Waals surface area contributed by atoms with Gasteiger partial charge in [0.15, 0.2) is 0 Å². The van der Waals surface area contributed by atoms with Gasteiger partial charge in [-0.05, 0) is 55.6 Å². The molecule has 1 saturated heterocycles. The molecule has 0 radical (unpaired) electrons. The van der Waals surface area contributed by atoms with Gasteiger partial charge in [-0.15, -0.1) is 0 Å². The largest absolute Gasteiger partial charge is 0.368 e. The third-order valence-corrected chi connectivity index (χ3v) is 7.18. The van der Waals surface area contributed by atoms with Crippen molar-refractivity contribution in [2.75, 3.05) is 6.54 Å². The first-order valence-electron chi connectivity index (χ1n) is 11.4. The highest BCUT2D eigenvalue weighted by Crippen LogP contribution is 2.53. The third kappa shape index (κ3) is 4.75. The number of hydrogen-bond acceptors (Lipinski definition) is 4. The lowest BCUT2D eigenvalue weighted by Crippen LogP contribution is -2.50. The summed E-state index contributed by atoms with van der Waals surface area (Å²) < 4.78 is 29.3. The second kappa shape index (κ2) is 9.93. The molecule has 1 unspecified atom stereocenters. The highest BCUT2D eigenvalue weighted by molar-refractivity contribution is 5.90. The van der Waals surface area contributed by atoms with Gasteiger partial charge in [-0.3, -0.25) is 9.59 Å². The summed E-state index contributed by atoms with van der Waals surface area (Å²) in [5.41, 5.74) is 4.42. The van der Waals surface area contributed by atoms with E-state index >= 15 is 0 Å². The van der Waals surface area contributed by atoms with Crippen LogP contribution in [-0.4, -0.2) is 29.3 Å². The highest BCUT2D eigenvalue weighted by Gasteiger charge is 2.53. The third-order valence-electron chi connectivity index (χ3n) is 7.18. The number of nitrogens with zero attached hydrogens (tertiary/aromatic N) is 3. The van der Waals surface area contributed by atoms with E-state index in [1.807, 2.05) is 6.92 Å². The van der Waals surface area contributed by atoms with Gasteiger partial charge in [0.25, 0.3) is 0 Å². The second-order valence-corrected chi connectivity index (χ2v) is 9.50. The average molecular weight is 459 g/mol. The Hall–Kier alpha value is -2.90. The van der Waals surface area contributed by atoms with Gasteiger partial charge in [0.1, 0.15) is 17.7 Å². The van der Waals surface area contributed by atoms with Crippen LogP contribution in [0.1, 0.15) is 52.0 Å². The molecule has 2 fully saturated rings. The molecule has 8 heteroatoms. The summed E-state index contributed by atoms with van der Waals surface area (Å²) in [6.45, 7) is 9.97. The van der Waals surface area contributed by atoms with Crippen LogP contribution in [0.25, 0.3) is 5.70 Å². The number of carbonyl (C=O) groups is 2. The zero-order valence-electron chi connectivity index (χ0n) is 19.4. The fourth-order valence-corrected chi connectivity index (χ4v) is 5.41. The number of likely N-dealkylation sites (tertiary alicyclic amines) is 1. The lowest BCUT2D eigenvalue weighted by molar-refractivity contribution is -0.147. The number of azo groups is 1. The first-order valence-corrected chi connectivity index (χ1v) is 11.4. The first-order chi connectivity index (χ1) is 15.6. The molecule has 2 N–H and O–H groups in total. The van der Waals surface area contributed by atoms with Crippen molar-refractivity contribution in [3.63, 3.8) is 0 Å². The van der Waals surface area contributed by atoms with Gasteiger partial charge in [-0.25, -0.2) is 8.78 Å². The monoisotopic (exact) mass is 458 g/mol. The molecule has 1 aromatic rings. The van der Waals surface area contributed by atoms with Crippen LogP contribution < -0.4 is 5.73 Å². The highest BCUT2D eigenvalue weighted by atomic mass is 19.1. The quantitative estimate of drug-likeness (QED) is 0.579. The summed E-state index contributed by atoms with van der Waals surface area (Å²) in [7, 11) is 0. The molecule has 178 valence electrons. The molecular formula is C25H32F2N4O2. The fraction of sp³-hybridized carbons (Fsp3) is 0.520. The molecule has 1 aromatic carbocycles. The zero-order valence-corrected chi connectivity index (χ0v) is 19.4. The minimum atomic E-state index is -0.871. The number of carbonyl (C=O) groups excluding carboxylic acids is 2. The van der Waals surface area contributed by atoms with Crippen molar-refractivity contribution >= 4 is 17.5 Å². The number of allylic oxidation sites excluding steroid dienone is 1. The molecular weight excluding hydrogens is 426 g/mol. The Kier molecular flexibility index (Phi) is 7.44. The fourth-order valence-electron chi connectivity index (χ4n) is 5.41. The molecule has 1 aliphatic heterocycles. The Balaban J connectivity index is 2.12. The zero-order chi connectivity index (χ0) is 24.3. The van der Waals surface area contributed by atoms with Crippen molar-refractivity contribution in [2.45, 2.75) is 52.5 Å². The van der Waals surface area contributed by atoms with Crippen molar-refractivity contribution in [3.8, 4) is 0 Å². The van der Waals surface area contributed by atoms with Crippen molar-refractivity contribution in [1.29, 1.82) is 0 Å². The topological polar surface area (TPSA) is 88.1 Å². The first kappa shape index (κ1) is 24.7. The minimum Gasteiger partial charge on any atom is -0.368 e. The summed E-state index contributed by atoms with van der Waals surface area (Å²) in [6, 6.07) is 2.99. The van der Waals surface area contributed by atoms with Gasteiger partial charge in [0, 0.05) is 12.7 Å². The Morgan fingerprint density at radius 2 is 1.94 bits per heavy atom. The van der Waals surface area contributed by atoms with Crippen LogP contribution in [0.2, 0.25) is 0 Å². The molecule has 3 rings (SSSR count). The van der Waals surface area contributed by atoms with Crippen molar-refractivity contribution in [2.24, 2.45) is 39.1 Å². The summed E-state index contributed by atoms with van der Waals surface area (Å²) in [5.74, 6) is -2.25. The molecule has 1 saturated carbocycles. The Labute approximate surface area is 193 Å². The van der Waals surface area contributed by atoms with E-state index in [1.54, 1.807) is 11.0 Å². The van der Waals surface area contributed by atoms with Crippen LogP contribution in [0.4, 0.5) is 8.78 Å². The number of halogens is 2. The van der Waals surface area contributed by atoms with Gasteiger partial charge in [0.2, 0.25) is 11.8 Å². The summed E-state index contributed by atoms with van der Waals surface area (Å²) in [4.78, 5) is 27.3. The maximum atomic E-state index is 14.7. The van der Waals surface area contributed by atoms with Crippen LogP contribution in [-0.2, 0) is 9.59 Å². The van der Waals surface area contributed by atoms with E-state index in [2.05, 4.69) is 30.7 Å². The Morgan fingerprint density at radius 3 is 2.52 bits per heavy atom. The summed E-state index contributed by atoms with van der Waals surface area (Å²) >= 11 is 0. The molecule has 4 atom stereocenters. The average Bonchev–Trinajstić information content (AvgIpc) is 3.37. The van der Waals surface area contributed by atoms with E-state index in [1.165, 1.54) is 12.3 Å². The number of rotatable bonds is 7. The summed E-state index contributed by atoms with van der Waals surface area (Å²) in [5, 5.41) is 7.82. The van der Waals surface area contributed by atoms with Crippen LogP contribution in [0.5, 0.6) is 0 Å². The second-order valence-electron chi connectivity index (χ2n) is 9.50. The molecule has 0 aromatic heterocycles. The normalized spacial score (nSPS) is 28.1. The van der Waals surface area contributed by atoms with Gasteiger partial charge in [-0.1, -0.05) is 39.5 Å². The Morgan fingerprint density at radius 1 is 1.27 bits per heavy atom. The number of hydrogen-bond donors (Lipinski definition) is 1. The molecule has 6 nitrogen and oxygen atoms in total. The number of amides is 2. The van der Waals surface area contributed by atoms with E-state index in [0.717, 1.165) is 18.6 Å².